The Morgan fingerprint density at radius 2 is 2.06 bits per heavy atom. The number of nitrogens with zero attached hydrogens (tertiary/aromatic N) is 1. The van der Waals surface area contributed by atoms with Crippen LogP contribution in [0.3, 0.4) is 0 Å². The van der Waals surface area contributed by atoms with Gasteiger partial charge in [-0.25, -0.2) is 0 Å². The molecule has 4 N–H and O–H groups in total. The number of nitrogens with two attached hydrogens (primary N) is 2. The molecule has 6 nitrogen and oxygen atoms in total. The van der Waals surface area contributed by atoms with E-state index in [2.05, 4.69) is 0 Å². The van der Waals surface area contributed by atoms with E-state index in [-0.39, 0.29) is 12.5 Å². The fraction of sp³-hybridized carbons (Fsp3) is 0.333. The van der Waals surface area contributed by atoms with E-state index in [0.717, 1.165) is 0 Å². The average molecular weight is 251 g/mol. The van der Waals surface area contributed by atoms with Crippen LogP contribution in [0.1, 0.15) is 17.3 Å². The lowest BCUT2D eigenvalue weighted by Gasteiger charge is -2.19. The Hall–Kier alpha value is -2.24. The van der Waals surface area contributed by atoms with Crippen molar-refractivity contribution in [1.29, 1.82) is 0 Å². The van der Waals surface area contributed by atoms with Crippen molar-refractivity contribution >= 4 is 17.5 Å². The predicted octanol–water partition coefficient (Wildman–Crippen LogP) is 0.225. The summed E-state index contributed by atoms with van der Waals surface area (Å²) < 4.78 is 5.04. The Morgan fingerprint density at radius 3 is 2.56 bits per heavy atom. The Bertz CT molecular complexity index is 460. The Balaban J connectivity index is 2.98. The van der Waals surface area contributed by atoms with Crippen LogP contribution in [0.25, 0.3) is 0 Å². The SMILES string of the molecule is CCN(CC(N)=O)C(=O)c1ccc(N)c(OC)c1. The largest absolute Gasteiger partial charge is 0.495 e. The first kappa shape index (κ1) is 13.8. The van der Waals surface area contributed by atoms with Gasteiger partial charge in [-0.2, -0.15) is 0 Å². The standard InChI is InChI=1S/C12H17N3O3/c1-3-15(7-11(14)16)12(17)8-4-5-9(13)10(6-8)18-2/h4-6H,3,7,13H2,1-2H3,(H2,14,16). The number of carbonyl (C=O) groups is 2. The summed E-state index contributed by atoms with van der Waals surface area (Å²) in [5.41, 5.74) is 11.6. The molecule has 0 saturated carbocycles. The van der Waals surface area contributed by atoms with E-state index in [9.17, 15) is 9.59 Å². The number of carbonyl (C=O) groups excluding carboxylic acids is 2. The highest BCUT2D eigenvalue weighted by Crippen LogP contribution is 2.22. The number of benzene rings is 1. The van der Waals surface area contributed by atoms with Gasteiger partial charge in [0.05, 0.1) is 19.3 Å². The topological polar surface area (TPSA) is 98.7 Å². The fourth-order valence-electron chi connectivity index (χ4n) is 1.54. The summed E-state index contributed by atoms with van der Waals surface area (Å²) in [6.07, 6.45) is 0. The van der Waals surface area contributed by atoms with Crippen molar-refractivity contribution in [3.05, 3.63) is 23.8 Å². The van der Waals surface area contributed by atoms with E-state index in [1.54, 1.807) is 25.1 Å². The normalized spacial score (nSPS) is 9.89. The molecule has 0 atom stereocenters. The summed E-state index contributed by atoms with van der Waals surface area (Å²) in [5.74, 6) is -0.404. The third-order valence-corrected chi connectivity index (χ3v) is 2.50. The van der Waals surface area contributed by atoms with Crippen LogP contribution < -0.4 is 16.2 Å². The summed E-state index contributed by atoms with van der Waals surface area (Å²) in [5, 5.41) is 0. The van der Waals surface area contributed by atoms with Gasteiger partial charge < -0.3 is 21.1 Å². The lowest BCUT2D eigenvalue weighted by molar-refractivity contribution is -0.118. The summed E-state index contributed by atoms with van der Waals surface area (Å²) in [7, 11) is 1.47. The Kier molecular flexibility index (Phi) is 4.53. The van der Waals surface area contributed by atoms with E-state index in [1.165, 1.54) is 12.0 Å². The molecule has 1 aromatic carbocycles. The number of amides is 2. The van der Waals surface area contributed by atoms with Gasteiger partial charge in [-0.15, -0.1) is 0 Å². The Labute approximate surface area is 105 Å². The monoisotopic (exact) mass is 251 g/mol. The number of ether oxygens (including phenoxy) is 1. The van der Waals surface area contributed by atoms with Gasteiger partial charge in [-0.1, -0.05) is 0 Å². The number of hydrogen-bond acceptors (Lipinski definition) is 4. The fourth-order valence-corrected chi connectivity index (χ4v) is 1.54. The van der Waals surface area contributed by atoms with Crippen LogP contribution in [-0.2, 0) is 4.79 Å². The maximum absolute atomic E-state index is 12.1. The number of likely N-dealkylation sites (N-methyl/N-ethyl adjacent to an activating group) is 1. The van der Waals surface area contributed by atoms with Crippen LogP contribution >= 0.6 is 0 Å². The maximum Gasteiger partial charge on any atom is 0.254 e. The van der Waals surface area contributed by atoms with Crippen LogP contribution in [0.15, 0.2) is 18.2 Å². The zero-order valence-corrected chi connectivity index (χ0v) is 10.5. The van der Waals surface area contributed by atoms with Crippen molar-refractivity contribution in [1.82, 2.24) is 4.90 Å². The molecule has 18 heavy (non-hydrogen) atoms. The smallest absolute Gasteiger partial charge is 0.254 e. The van der Waals surface area contributed by atoms with Crippen molar-refractivity contribution in [3.8, 4) is 5.75 Å². The van der Waals surface area contributed by atoms with Crippen LogP contribution in [0, 0.1) is 0 Å². The van der Waals surface area contributed by atoms with Gasteiger partial charge in [0.25, 0.3) is 5.91 Å². The molecule has 6 heteroatoms. The van der Waals surface area contributed by atoms with Gasteiger partial charge in [0, 0.05) is 12.1 Å². The molecule has 0 saturated heterocycles. The maximum atomic E-state index is 12.1. The van der Waals surface area contributed by atoms with Crippen molar-refractivity contribution in [2.75, 3.05) is 25.9 Å². The van der Waals surface area contributed by atoms with E-state index >= 15 is 0 Å². The van der Waals surface area contributed by atoms with E-state index in [4.69, 9.17) is 16.2 Å². The molecular formula is C12H17N3O3. The summed E-state index contributed by atoms with van der Waals surface area (Å²) in [6, 6.07) is 4.72. The lowest BCUT2D eigenvalue weighted by atomic mass is 10.1. The molecule has 1 rings (SSSR count). The predicted molar refractivity (Wildman–Crippen MR) is 68.2 cm³/mol. The first-order chi connectivity index (χ1) is 8.49. The third-order valence-electron chi connectivity index (χ3n) is 2.50. The minimum absolute atomic E-state index is 0.109. The van der Waals surface area contributed by atoms with Crippen LogP contribution in [0.5, 0.6) is 5.75 Å². The highest BCUT2D eigenvalue weighted by Gasteiger charge is 2.17. The van der Waals surface area contributed by atoms with Crippen LogP contribution in [-0.4, -0.2) is 36.9 Å². The number of nitrogen functional groups attached to an aromatic ring is 1. The number of primary amides is 1. The van der Waals surface area contributed by atoms with Crippen LogP contribution in [0.2, 0.25) is 0 Å². The number of anilines is 1. The summed E-state index contributed by atoms with van der Waals surface area (Å²) in [6.45, 7) is 2.06. The van der Waals surface area contributed by atoms with E-state index in [0.29, 0.717) is 23.5 Å². The number of rotatable bonds is 5. The molecule has 0 radical (unpaired) electrons. The van der Waals surface area contributed by atoms with Crippen molar-refractivity contribution < 1.29 is 14.3 Å². The van der Waals surface area contributed by atoms with Crippen molar-refractivity contribution in [3.63, 3.8) is 0 Å². The number of hydrogen-bond donors (Lipinski definition) is 2. The quantitative estimate of drug-likeness (QED) is 0.731. The first-order valence-electron chi connectivity index (χ1n) is 5.50. The molecule has 2 amide bonds. The molecule has 0 unspecified atom stereocenters. The highest BCUT2D eigenvalue weighted by atomic mass is 16.5. The zero-order chi connectivity index (χ0) is 13.7. The van der Waals surface area contributed by atoms with Crippen molar-refractivity contribution in [2.24, 2.45) is 5.73 Å². The van der Waals surface area contributed by atoms with Gasteiger partial charge >= 0.3 is 0 Å². The summed E-state index contributed by atoms with van der Waals surface area (Å²) >= 11 is 0. The highest BCUT2D eigenvalue weighted by molar-refractivity contribution is 5.97. The average Bonchev–Trinajstić information content (AvgIpc) is 2.35. The Morgan fingerprint density at radius 1 is 1.39 bits per heavy atom. The van der Waals surface area contributed by atoms with Gasteiger partial charge in [0.15, 0.2) is 0 Å². The molecule has 98 valence electrons. The molecule has 0 aliphatic heterocycles. The molecule has 1 aromatic rings. The van der Waals surface area contributed by atoms with Gasteiger partial charge in [0.2, 0.25) is 5.91 Å². The molecule has 0 bridgehead atoms. The summed E-state index contributed by atoms with van der Waals surface area (Å²) in [4.78, 5) is 24.3. The van der Waals surface area contributed by atoms with Gasteiger partial charge in [-0.3, -0.25) is 9.59 Å². The molecule has 0 spiro atoms. The second-order valence-corrected chi connectivity index (χ2v) is 3.74. The number of methoxy groups -OCH3 is 1. The third kappa shape index (κ3) is 3.13. The van der Waals surface area contributed by atoms with E-state index in [1.807, 2.05) is 0 Å². The minimum Gasteiger partial charge on any atom is -0.495 e. The first-order valence-corrected chi connectivity index (χ1v) is 5.50. The molecule has 0 aromatic heterocycles. The van der Waals surface area contributed by atoms with Crippen LogP contribution in [0.4, 0.5) is 5.69 Å². The minimum atomic E-state index is -0.549. The second kappa shape index (κ2) is 5.90. The molecule has 0 aliphatic rings. The van der Waals surface area contributed by atoms with Gasteiger partial charge in [0.1, 0.15) is 5.75 Å². The molecule has 0 aliphatic carbocycles. The van der Waals surface area contributed by atoms with E-state index < -0.39 is 5.91 Å². The van der Waals surface area contributed by atoms with Gasteiger partial charge in [-0.05, 0) is 25.1 Å². The zero-order valence-electron chi connectivity index (χ0n) is 10.5. The molecule has 0 heterocycles. The lowest BCUT2D eigenvalue weighted by Crippen LogP contribution is -2.38. The molecular weight excluding hydrogens is 234 g/mol. The second-order valence-electron chi connectivity index (χ2n) is 3.74. The molecule has 0 fully saturated rings. The van der Waals surface area contributed by atoms with Crippen molar-refractivity contribution in [2.45, 2.75) is 6.92 Å².